The highest BCUT2D eigenvalue weighted by atomic mass is 15.1. The van der Waals surface area contributed by atoms with E-state index in [0.29, 0.717) is 0 Å². The predicted molar refractivity (Wildman–Crippen MR) is 54.0 cm³/mol. The van der Waals surface area contributed by atoms with Gasteiger partial charge < -0.3 is 4.90 Å². The van der Waals surface area contributed by atoms with E-state index in [4.69, 9.17) is 0 Å². The molecule has 1 heterocycles. The SMILES string of the molecule is CC=C1CCN(C[C](C)C)CC1. The smallest absolute Gasteiger partial charge is 0.00385 e. The molecule has 1 nitrogen and oxygen atoms in total. The molecule has 1 rings (SSSR count). The zero-order valence-electron chi connectivity index (χ0n) is 8.56. The maximum absolute atomic E-state index is 2.54. The summed E-state index contributed by atoms with van der Waals surface area (Å²) in [5.41, 5.74) is 1.64. The summed E-state index contributed by atoms with van der Waals surface area (Å²) in [4.78, 5) is 2.54. The summed E-state index contributed by atoms with van der Waals surface area (Å²) < 4.78 is 0. The second kappa shape index (κ2) is 4.66. The van der Waals surface area contributed by atoms with Crippen molar-refractivity contribution in [3.05, 3.63) is 17.6 Å². The van der Waals surface area contributed by atoms with Gasteiger partial charge >= 0.3 is 0 Å². The van der Waals surface area contributed by atoms with E-state index >= 15 is 0 Å². The van der Waals surface area contributed by atoms with Gasteiger partial charge in [-0.2, -0.15) is 0 Å². The molecular weight excluding hydrogens is 146 g/mol. The zero-order chi connectivity index (χ0) is 8.97. The minimum Gasteiger partial charge on any atom is -0.302 e. The number of hydrogen-bond acceptors (Lipinski definition) is 1. The van der Waals surface area contributed by atoms with Crippen molar-refractivity contribution in [3.63, 3.8) is 0 Å². The fraction of sp³-hybridized carbons (Fsp3) is 0.727. The largest absolute Gasteiger partial charge is 0.302 e. The van der Waals surface area contributed by atoms with E-state index in [1.54, 1.807) is 5.57 Å². The van der Waals surface area contributed by atoms with E-state index in [1.165, 1.54) is 38.4 Å². The lowest BCUT2D eigenvalue weighted by Crippen LogP contribution is -2.33. The summed E-state index contributed by atoms with van der Waals surface area (Å²) in [7, 11) is 0. The minimum absolute atomic E-state index is 1.19. The molecule has 69 valence electrons. The first-order valence-corrected chi connectivity index (χ1v) is 4.88. The highest BCUT2D eigenvalue weighted by Crippen LogP contribution is 2.16. The van der Waals surface area contributed by atoms with Crippen LogP contribution in [0.2, 0.25) is 0 Å². The average molecular weight is 166 g/mol. The van der Waals surface area contributed by atoms with Crippen molar-refractivity contribution < 1.29 is 0 Å². The first kappa shape index (κ1) is 9.79. The maximum atomic E-state index is 2.54. The fourth-order valence-corrected chi connectivity index (χ4v) is 1.73. The first-order valence-electron chi connectivity index (χ1n) is 4.88. The van der Waals surface area contributed by atoms with Crippen LogP contribution in [0.5, 0.6) is 0 Å². The van der Waals surface area contributed by atoms with Gasteiger partial charge in [0.25, 0.3) is 0 Å². The highest BCUT2D eigenvalue weighted by Gasteiger charge is 2.13. The molecule has 0 unspecified atom stereocenters. The Bertz CT molecular complexity index is 148. The van der Waals surface area contributed by atoms with Gasteiger partial charge in [-0.25, -0.2) is 0 Å². The van der Waals surface area contributed by atoms with Crippen molar-refractivity contribution in [3.8, 4) is 0 Å². The van der Waals surface area contributed by atoms with Crippen LogP contribution in [0.1, 0.15) is 33.6 Å². The molecule has 0 amide bonds. The van der Waals surface area contributed by atoms with E-state index in [9.17, 15) is 0 Å². The molecule has 12 heavy (non-hydrogen) atoms. The van der Waals surface area contributed by atoms with Crippen LogP contribution in [-0.2, 0) is 0 Å². The Morgan fingerprint density at radius 2 is 1.92 bits per heavy atom. The van der Waals surface area contributed by atoms with Crippen LogP contribution in [0, 0.1) is 5.92 Å². The van der Waals surface area contributed by atoms with E-state index in [2.05, 4.69) is 31.7 Å². The normalized spacial score (nSPS) is 20.2. The number of allylic oxidation sites excluding steroid dienone is 1. The zero-order valence-corrected chi connectivity index (χ0v) is 8.56. The van der Waals surface area contributed by atoms with Crippen LogP contribution in [-0.4, -0.2) is 24.5 Å². The van der Waals surface area contributed by atoms with Gasteiger partial charge in [0, 0.05) is 19.6 Å². The minimum atomic E-state index is 1.19. The molecule has 1 aliphatic rings. The molecule has 0 spiro atoms. The lowest BCUT2D eigenvalue weighted by atomic mass is 10.0. The molecule has 1 heteroatoms. The number of hydrogen-bond donors (Lipinski definition) is 0. The van der Waals surface area contributed by atoms with Crippen molar-refractivity contribution >= 4 is 0 Å². The number of nitrogens with zero attached hydrogens (tertiary/aromatic N) is 1. The third kappa shape index (κ3) is 2.98. The quantitative estimate of drug-likeness (QED) is 0.570. The molecule has 0 bridgehead atoms. The van der Waals surface area contributed by atoms with Crippen molar-refractivity contribution in [1.29, 1.82) is 0 Å². The molecule has 0 aliphatic carbocycles. The Kier molecular flexibility index (Phi) is 3.80. The van der Waals surface area contributed by atoms with Gasteiger partial charge in [0.1, 0.15) is 0 Å². The standard InChI is InChI=1S/C11H20N/c1-4-11-5-7-12(8-6-11)9-10(2)3/h4H,5-9H2,1-3H3. The van der Waals surface area contributed by atoms with E-state index in [-0.39, 0.29) is 0 Å². The first-order chi connectivity index (χ1) is 5.72. The van der Waals surface area contributed by atoms with Crippen LogP contribution in [0.4, 0.5) is 0 Å². The van der Waals surface area contributed by atoms with E-state index in [0.717, 1.165) is 0 Å². The summed E-state index contributed by atoms with van der Waals surface area (Å²) in [6.45, 7) is 10.3. The Morgan fingerprint density at radius 1 is 1.33 bits per heavy atom. The molecule has 0 N–H and O–H groups in total. The summed E-state index contributed by atoms with van der Waals surface area (Å²) in [5.74, 6) is 1.53. The third-order valence-electron chi connectivity index (χ3n) is 2.45. The van der Waals surface area contributed by atoms with Crippen molar-refractivity contribution in [2.45, 2.75) is 33.6 Å². The molecule has 0 aromatic carbocycles. The molecular formula is C11H20N. The molecule has 1 aliphatic heterocycles. The molecule has 0 aromatic rings. The summed E-state index contributed by atoms with van der Waals surface area (Å²) in [6.07, 6.45) is 4.84. The Balaban J connectivity index is 2.26. The monoisotopic (exact) mass is 166 g/mol. The van der Waals surface area contributed by atoms with Crippen molar-refractivity contribution in [2.24, 2.45) is 0 Å². The van der Waals surface area contributed by atoms with Gasteiger partial charge in [-0.3, -0.25) is 0 Å². The number of likely N-dealkylation sites (tertiary alicyclic amines) is 1. The van der Waals surface area contributed by atoms with Gasteiger partial charge in [-0.15, -0.1) is 0 Å². The second-order valence-corrected chi connectivity index (χ2v) is 3.93. The molecule has 0 aromatic heterocycles. The van der Waals surface area contributed by atoms with E-state index < -0.39 is 0 Å². The van der Waals surface area contributed by atoms with Gasteiger partial charge in [-0.1, -0.05) is 25.5 Å². The second-order valence-electron chi connectivity index (χ2n) is 3.93. The lowest BCUT2D eigenvalue weighted by molar-refractivity contribution is 0.266. The number of piperidine rings is 1. The average Bonchev–Trinajstić information content (AvgIpc) is 2.05. The van der Waals surface area contributed by atoms with E-state index in [1.807, 2.05) is 0 Å². The van der Waals surface area contributed by atoms with Gasteiger partial charge in [0.05, 0.1) is 0 Å². The molecule has 1 fully saturated rings. The van der Waals surface area contributed by atoms with Gasteiger partial charge in [0.15, 0.2) is 0 Å². The lowest BCUT2D eigenvalue weighted by Gasteiger charge is -2.29. The third-order valence-corrected chi connectivity index (χ3v) is 2.45. The molecule has 0 saturated carbocycles. The van der Waals surface area contributed by atoms with Crippen molar-refractivity contribution in [1.82, 2.24) is 4.90 Å². The summed E-state index contributed by atoms with van der Waals surface area (Å²) >= 11 is 0. The van der Waals surface area contributed by atoms with Crippen LogP contribution in [0.3, 0.4) is 0 Å². The van der Waals surface area contributed by atoms with Crippen LogP contribution in [0.25, 0.3) is 0 Å². The Labute approximate surface area is 76.5 Å². The van der Waals surface area contributed by atoms with Crippen LogP contribution < -0.4 is 0 Å². The summed E-state index contributed by atoms with van der Waals surface area (Å²) in [5, 5.41) is 0. The topological polar surface area (TPSA) is 3.24 Å². The summed E-state index contributed by atoms with van der Waals surface area (Å²) in [6, 6.07) is 0. The van der Waals surface area contributed by atoms with Crippen LogP contribution in [0.15, 0.2) is 11.6 Å². The molecule has 0 atom stereocenters. The molecule has 1 saturated heterocycles. The fourth-order valence-electron chi connectivity index (χ4n) is 1.73. The Hall–Kier alpha value is -0.300. The Morgan fingerprint density at radius 3 is 2.33 bits per heavy atom. The van der Waals surface area contributed by atoms with Gasteiger partial charge in [-0.05, 0) is 25.7 Å². The maximum Gasteiger partial charge on any atom is 0.00385 e. The highest BCUT2D eigenvalue weighted by molar-refractivity contribution is 5.04. The number of rotatable bonds is 2. The molecule has 1 radical (unpaired) electrons. The predicted octanol–water partition coefficient (Wildman–Crippen LogP) is 2.64. The van der Waals surface area contributed by atoms with Crippen LogP contribution >= 0.6 is 0 Å². The van der Waals surface area contributed by atoms with Crippen molar-refractivity contribution in [2.75, 3.05) is 19.6 Å². The van der Waals surface area contributed by atoms with Gasteiger partial charge in [0.2, 0.25) is 0 Å².